The molecule has 1 aromatic carbocycles. The van der Waals surface area contributed by atoms with Gasteiger partial charge in [-0.25, -0.2) is 14.4 Å². The Morgan fingerprint density at radius 3 is 2.71 bits per heavy atom. The maximum atomic E-state index is 12.9. The molecule has 0 aliphatic heterocycles. The highest BCUT2D eigenvalue weighted by Gasteiger charge is 2.07. The highest BCUT2D eigenvalue weighted by molar-refractivity contribution is 7.09. The minimum atomic E-state index is -0.270. The van der Waals surface area contributed by atoms with Crippen LogP contribution in [0.15, 0.2) is 34.8 Å². The summed E-state index contributed by atoms with van der Waals surface area (Å²) in [5, 5.41) is 6.47. The Morgan fingerprint density at radius 1 is 1.33 bits per heavy atom. The molecule has 130 valence electrons. The van der Waals surface area contributed by atoms with E-state index in [1.165, 1.54) is 12.1 Å². The summed E-state index contributed by atoms with van der Waals surface area (Å²) >= 11 is 1.61. The van der Waals surface area contributed by atoms with Crippen molar-refractivity contribution in [2.75, 3.05) is 13.1 Å². The molecule has 1 unspecified atom stereocenters. The molecule has 24 heavy (non-hydrogen) atoms. The van der Waals surface area contributed by atoms with Crippen LogP contribution in [0.2, 0.25) is 0 Å². The van der Waals surface area contributed by atoms with E-state index in [-0.39, 0.29) is 11.9 Å². The highest BCUT2D eigenvalue weighted by atomic mass is 32.1. The molecule has 1 heterocycles. The first-order valence-electron chi connectivity index (χ1n) is 7.92. The van der Waals surface area contributed by atoms with E-state index in [9.17, 15) is 4.39 Å². The number of nitrogens with zero attached hydrogens (tertiary/aromatic N) is 2. The van der Waals surface area contributed by atoms with Crippen LogP contribution in [0, 0.1) is 12.7 Å². The fourth-order valence-corrected chi connectivity index (χ4v) is 2.70. The summed E-state index contributed by atoms with van der Waals surface area (Å²) < 4.78 is 18.6. The number of hydrogen-bond acceptors (Lipinski definition) is 4. The molecule has 2 rings (SSSR count). The van der Waals surface area contributed by atoms with Gasteiger partial charge in [-0.1, -0.05) is 0 Å². The topological polar surface area (TPSA) is 58.5 Å². The Labute approximate surface area is 146 Å². The SMILES string of the molecule is CCNC(=NCc1scnc1C)NCC(C)Oc1ccc(F)cc1. The lowest BCUT2D eigenvalue weighted by molar-refractivity contribution is 0.223. The fraction of sp³-hybridized carbons (Fsp3) is 0.412. The molecule has 0 amide bonds. The van der Waals surface area contributed by atoms with Gasteiger partial charge in [0.15, 0.2) is 5.96 Å². The number of benzene rings is 1. The molecule has 0 bridgehead atoms. The lowest BCUT2D eigenvalue weighted by atomic mass is 10.3. The number of aliphatic imine (C=N–C) groups is 1. The van der Waals surface area contributed by atoms with Gasteiger partial charge < -0.3 is 15.4 Å². The summed E-state index contributed by atoms with van der Waals surface area (Å²) in [6.07, 6.45) is -0.0792. The van der Waals surface area contributed by atoms with E-state index in [0.717, 1.165) is 23.1 Å². The number of thiazole rings is 1. The smallest absolute Gasteiger partial charge is 0.191 e. The molecule has 0 saturated heterocycles. The Kier molecular flexibility index (Phi) is 6.99. The minimum absolute atomic E-state index is 0.0792. The van der Waals surface area contributed by atoms with Crippen LogP contribution in [0.5, 0.6) is 5.75 Å². The third-order valence-electron chi connectivity index (χ3n) is 3.28. The molecule has 2 N–H and O–H groups in total. The molecule has 1 atom stereocenters. The zero-order valence-corrected chi connectivity index (χ0v) is 15.0. The van der Waals surface area contributed by atoms with Crippen molar-refractivity contribution in [2.45, 2.75) is 33.4 Å². The minimum Gasteiger partial charge on any atom is -0.489 e. The van der Waals surface area contributed by atoms with Crippen LogP contribution >= 0.6 is 11.3 Å². The molecule has 2 aromatic rings. The van der Waals surface area contributed by atoms with Gasteiger partial charge in [-0.15, -0.1) is 11.3 Å². The molecular formula is C17H23FN4OS. The predicted octanol–water partition coefficient (Wildman–Crippen LogP) is 3.11. The summed E-state index contributed by atoms with van der Waals surface area (Å²) in [5.74, 6) is 1.11. The Bertz CT molecular complexity index is 657. The Balaban J connectivity index is 1.85. The van der Waals surface area contributed by atoms with Crippen LogP contribution < -0.4 is 15.4 Å². The normalized spacial score (nSPS) is 12.8. The average molecular weight is 350 g/mol. The Hall–Kier alpha value is -2.15. The number of aromatic nitrogens is 1. The zero-order chi connectivity index (χ0) is 17.4. The van der Waals surface area contributed by atoms with Crippen LogP contribution in [-0.4, -0.2) is 30.1 Å². The second-order valence-electron chi connectivity index (χ2n) is 5.32. The van der Waals surface area contributed by atoms with Crippen molar-refractivity contribution in [1.82, 2.24) is 15.6 Å². The highest BCUT2D eigenvalue weighted by Crippen LogP contribution is 2.13. The zero-order valence-electron chi connectivity index (χ0n) is 14.2. The van der Waals surface area contributed by atoms with E-state index in [2.05, 4.69) is 20.6 Å². The van der Waals surface area contributed by atoms with Gasteiger partial charge in [0.2, 0.25) is 0 Å². The van der Waals surface area contributed by atoms with E-state index in [1.54, 1.807) is 23.5 Å². The van der Waals surface area contributed by atoms with Crippen LogP contribution in [0.1, 0.15) is 24.4 Å². The Morgan fingerprint density at radius 2 is 2.08 bits per heavy atom. The van der Waals surface area contributed by atoms with Gasteiger partial charge in [0.25, 0.3) is 0 Å². The molecule has 5 nitrogen and oxygen atoms in total. The predicted molar refractivity (Wildman–Crippen MR) is 96.2 cm³/mol. The standard InChI is InChI=1S/C17H23FN4OS/c1-4-19-17(21-10-16-13(3)22-11-24-16)20-9-12(2)23-15-7-5-14(18)6-8-15/h5-8,11-12H,4,9-10H2,1-3H3,(H2,19,20,21). The quantitative estimate of drug-likeness (QED) is 0.595. The van der Waals surface area contributed by atoms with Crippen molar-refractivity contribution in [3.05, 3.63) is 46.2 Å². The molecule has 0 spiro atoms. The molecule has 0 aliphatic carbocycles. The largest absolute Gasteiger partial charge is 0.489 e. The van der Waals surface area contributed by atoms with Gasteiger partial charge in [-0.3, -0.25) is 0 Å². The third-order valence-corrected chi connectivity index (χ3v) is 4.20. The average Bonchev–Trinajstić information content (AvgIpc) is 2.97. The van der Waals surface area contributed by atoms with E-state index in [1.807, 2.05) is 26.3 Å². The molecule has 7 heteroatoms. The number of nitrogens with one attached hydrogen (secondary N) is 2. The van der Waals surface area contributed by atoms with Crippen LogP contribution in [-0.2, 0) is 6.54 Å². The molecule has 0 aliphatic rings. The molecular weight excluding hydrogens is 327 g/mol. The van der Waals surface area contributed by atoms with Gasteiger partial charge in [0.05, 0.1) is 24.3 Å². The second-order valence-corrected chi connectivity index (χ2v) is 6.26. The molecule has 0 fully saturated rings. The van der Waals surface area contributed by atoms with Crippen LogP contribution in [0.25, 0.3) is 0 Å². The summed E-state index contributed by atoms with van der Waals surface area (Å²) in [7, 11) is 0. The number of rotatable bonds is 7. The van der Waals surface area contributed by atoms with Gasteiger partial charge in [-0.2, -0.15) is 0 Å². The number of halogens is 1. The first kappa shape index (κ1) is 18.2. The number of guanidine groups is 1. The van der Waals surface area contributed by atoms with Crippen LogP contribution in [0.4, 0.5) is 4.39 Å². The van der Waals surface area contributed by atoms with E-state index >= 15 is 0 Å². The number of hydrogen-bond donors (Lipinski definition) is 2. The maximum absolute atomic E-state index is 12.9. The lowest BCUT2D eigenvalue weighted by Gasteiger charge is -2.17. The van der Waals surface area contributed by atoms with E-state index < -0.39 is 0 Å². The second kappa shape index (κ2) is 9.22. The number of ether oxygens (including phenoxy) is 1. The first-order valence-corrected chi connectivity index (χ1v) is 8.79. The van der Waals surface area contributed by atoms with Crippen molar-refractivity contribution in [1.29, 1.82) is 0 Å². The van der Waals surface area contributed by atoms with Gasteiger partial charge in [0, 0.05) is 11.4 Å². The van der Waals surface area contributed by atoms with Gasteiger partial charge in [0.1, 0.15) is 17.7 Å². The monoisotopic (exact) mass is 350 g/mol. The van der Waals surface area contributed by atoms with Crippen molar-refractivity contribution in [3.8, 4) is 5.75 Å². The summed E-state index contributed by atoms with van der Waals surface area (Å²) in [6, 6.07) is 6.02. The van der Waals surface area contributed by atoms with Crippen molar-refractivity contribution in [3.63, 3.8) is 0 Å². The van der Waals surface area contributed by atoms with Crippen molar-refractivity contribution >= 4 is 17.3 Å². The maximum Gasteiger partial charge on any atom is 0.191 e. The van der Waals surface area contributed by atoms with Gasteiger partial charge >= 0.3 is 0 Å². The lowest BCUT2D eigenvalue weighted by Crippen LogP contribution is -2.41. The van der Waals surface area contributed by atoms with Gasteiger partial charge in [-0.05, 0) is 45.0 Å². The third kappa shape index (κ3) is 5.81. The summed E-state index contributed by atoms with van der Waals surface area (Å²) in [5.41, 5.74) is 2.85. The van der Waals surface area contributed by atoms with E-state index in [4.69, 9.17) is 4.74 Å². The number of aryl methyl sites for hydroxylation is 1. The summed E-state index contributed by atoms with van der Waals surface area (Å²) in [6.45, 7) is 7.92. The van der Waals surface area contributed by atoms with Crippen molar-refractivity contribution in [2.24, 2.45) is 4.99 Å². The van der Waals surface area contributed by atoms with Crippen molar-refractivity contribution < 1.29 is 9.13 Å². The molecule has 0 radical (unpaired) electrons. The first-order chi connectivity index (χ1) is 11.6. The fourth-order valence-electron chi connectivity index (χ4n) is 2.00. The molecule has 0 saturated carbocycles. The summed E-state index contributed by atoms with van der Waals surface area (Å²) in [4.78, 5) is 9.95. The van der Waals surface area contributed by atoms with E-state index in [0.29, 0.717) is 18.8 Å². The molecule has 1 aromatic heterocycles. The van der Waals surface area contributed by atoms with Crippen LogP contribution in [0.3, 0.4) is 0 Å².